The van der Waals surface area contributed by atoms with Crippen LogP contribution in [0, 0.1) is 28.4 Å². The van der Waals surface area contributed by atoms with Gasteiger partial charge < -0.3 is 5.32 Å². The van der Waals surface area contributed by atoms with Crippen LogP contribution < -0.4 is 5.32 Å². The minimum absolute atomic E-state index is 0.0734. The summed E-state index contributed by atoms with van der Waals surface area (Å²) in [4.78, 5) is 10.4. The maximum atomic E-state index is 10.9. The van der Waals surface area contributed by atoms with Crippen LogP contribution in [-0.4, -0.2) is 11.5 Å². The summed E-state index contributed by atoms with van der Waals surface area (Å²) in [6.07, 6.45) is 0.829. The van der Waals surface area contributed by atoms with Crippen molar-refractivity contribution in [1.82, 2.24) is 0 Å². The van der Waals surface area contributed by atoms with E-state index in [4.69, 9.17) is 5.26 Å². The summed E-state index contributed by atoms with van der Waals surface area (Å²) < 4.78 is 0. The van der Waals surface area contributed by atoms with Crippen molar-refractivity contribution in [3.8, 4) is 6.07 Å². The van der Waals surface area contributed by atoms with Crippen LogP contribution in [0.1, 0.15) is 16.7 Å². The Morgan fingerprint density at radius 3 is 2.76 bits per heavy atom. The fourth-order valence-electron chi connectivity index (χ4n) is 2.11. The van der Waals surface area contributed by atoms with Gasteiger partial charge in [0.25, 0.3) is 5.69 Å². The highest BCUT2D eigenvalue weighted by Gasteiger charge is 2.13. The van der Waals surface area contributed by atoms with Crippen LogP contribution in [0.5, 0.6) is 0 Å². The molecule has 5 heteroatoms. The summed E-state index contributed by atoms with van der Waals surface area (Å²) in [7, 11) is 0. The fraction of sp³-hybridized carbons (Fsp3) is 0.188. The number of hydrogen-bond acceptors (Lipinski definition) is 4. The topological polar surface area (TPSA) is 79.0 Å². The van der Waals surface area contributed by atoms with Gasteiger partial charge in [-0.05, 0) is 31.0 Å². The molecular weight excluding hydrogens is 266 g/mol. The average molecular weight is 281 g/mol. The van der Waals surface area contributed by atoms with E-state index in [0.29, 0.717) is 12.2 Å². The molecule has 0 atom stereocenters. The SMILES string of the molecule is Cc1cccc(CCNc2ccc(C#N)c([N+](=O)[O-])c2)c1. The molecule has 106 valence electrons. The van der Waals surface area contributed by atoms with Gasteiger partial charge in [-0.3, -0.25) is 10.1 Å². The Kier molecular flexibility index (Phi) is 4.52. The van der Waals surface area contributed by atoms with E-state index in [2.05, 4.69) is 17.4 Å². The highest BCUT2D eigenvalue weighted by molar-refractivity contribution is 5.59. The lowest BCUT2D eigenvalue weighted by Crippen LogP contribution is -2.05. The van der Waals surface area contributed by atoms with Gasteiger partial charge in [-0.1, -0.05) is 29.8 Å². The Hall–Kier alpha value is -2.87. The number of nitro benzene ring substituents is 1. The van der Waals surface area contributed by atoms with E-state index >= 15 is 0 Å². The molecule has 0 aliphatic rings. The number of nitrogens with zero attached hydrogens (tertiary/aromatic N) is 2. The van der Waals surface area contributed by atoms with Gasteiger partial charge in [0, 0.05) is 18.3 Å². The molecular formula is C16H15N3O2. The number of anilines is 1. The van der Waals surface area contributed by atoms with Crippen LogP contribution in [0.25, 0.3) is 0 Å². The summed E-state index contributed by atoms with van der Waals surface area (Å²) in [6.45, 7) is 2.72. The summed E-state index contributed by atoms with van der Waals surface area (Å²) in [5.41, 5.74) is 2.97. The first-order valence-electron chi connectivity index (χ1n) is 6.58. The number of nitro groups is 1. The van der Waals surface area contributed by atoms with Gasteiger partial charge in [0.15, 0.2) is 0 Å². The van der Waals surface area contributed by atoms with Crippen molar-refractivity contribution in [2.24, 2.45) is 0 Å². The van der Waals surface area contributed by atoms with E-state index < -0.39 is 4.92 Å². The van der Waals surface area contributed by atoms with Gasteiger partial charge in [0.2, 0.25) is 0 Å². The summed E-state index contributed by atoms with van der Waals surface area (Å²) >= 11 is 0. The van der Waals surface area contributed by atoms with Crippen LogP contribution in [0.3, 0.4) is 0 Å². The summed E-state index contributed by atoms with van der Waals surface area (Å²) in [5.74, 6) is 0. The largest absolute Gasteiger partial charge is 0.385 e. The smallest absolute Gasteiger partial charge is 0.289 e. The van der Waals surface area contributed by atoms with E-state index in [9.17, 15) is 10.1 Å². The van der Waals surface area contributed by atoms with Gasteiger partial charge in [0.1, 0.15) is 11.6 Å². The fourth-order valence-corrected chi connectivity index (χ4v) is 2.11. The van der Waals surface area contributed by atoms with E-state index in [1.54, 1.807) is 6.07 Å². The van der Waals surface area contributed by atoms with Crippen LogP contribution in [0.15, 0.2) is 42.5 Å². The second-order valence-corrected chi connectivity index (χ2v) is 4.77. The van der Waals surface area contributed by atoms with Crippen LogP contribution >= 0.6 is 0 Å². The first-order valence-corrected chi connectivity index (χ1v) is 6.58. The molecule has 2 aromatic carbocycles. The standard InChI is InChI=1S/C16H15N3O2/c1-12-3-2-4-13(9-12)7-8-18-15-6-5-14(11-17)16(10-15)19(20)21/h2-6,9-10,18H,7-8H2,1H3. The molecule has 0 saturated carbocycles. The summed E-state index contributed by atoms with van der Waals surface area (Å²) in [5, 5.41) is 22.9. The molecule has 0 radical (unpaired) electrons. The van der Waals surface area contributed by atoms with Gasteiger partial charge in [0.05, 0.1) is 4.92 Å². The minimum atomic E-state index is -0.537. The molecule has 21 heavy (non-hydrogen) atoms. The zero-order valence-electron chi connectivity index (χ0n) is 11.7. The van der Waals surface area contributed by atoms with E-state index in [0.717, 1.165) is 6.42 Å². The maximum Gasteiger partial charge on any atom is 0.289 e. The van der Waals surface area contributed by atoms with Crippen molar-refractivity contribution in [3.63, 3.8) is 0 Å². The van der Waals surface area contributed by atoms with Crippen LogP contribution in [-0.2, 0) is 6.42 Å². The number of nitriles is 1. The molecule has 0 bridgehead atoms. The molecule has 0 aliphatic carbocycles. The molecule has 0 fully saturated rings. The van der Waals surface area contributed by atoms with E-state index in [-0.39, 0.29) is 11.3 Å². The van der Waals surface area contributed by atoms with Gasteiger partial charge in [-0.25, -0.2) is 0 Å². The molecule has 1 N–H and O–H groups in total. The Balaban J connectivity index is 2.02. The number of hydrogen-bond donors (Lipinski definition) is 1. The third-order valence-electron chi connectivity index (χ3n) is 3.14. The molecule has 0 heterocycles. The molecule has 2 aromatic rings. The second-order valence-electron chi connectivity index (χ2n) is 4.77. The predicted molar refractivity (Wildman–Crippen MR) is 81.2 cm³/mol. The van der Waals surface area contributed by atoms with Crippen molar-refractivity contribution in [3.05, 3.63) is 69.3 Å². The third kappa shape index (κ3) is 3.80. The Morgan fingerprint density at radius 1 is 1.29 bits per heavy atom. The number of benzene rings is 2. The second kappa shape index (κ2) is 6.53. The van der Waals surface area contributed by atoms with Crippen molar-refractivity contribution in [2.45, 2.75) is 13.3 Å². The van der Waals surface area contributed by atoms with E-state index in [1.165, 1.54) is 23.3 Å². The molecule has 0 aromatic heterocycles. The lowest BCUT2D eigenvalue weighted by Gasteiger charge is -2.07. The highest BCUT2D eigenvalue weighted by atomic mass is 16.6. The number of nitrogens with one attached hydrogen (secondary N) is 1. The Labute approximate surface area is 123 Å². The molecule has 0 unspecified atom stereocenters. The molecule has 0 aliphatic heterocycles. The first kappa shape index (κ1) is 14.5. The van der Waals surface area contributed by atoms with Gasteiger partial charge >= 0.3 is 0 Å². The molecule has 0 saturated heterocycles. The van der Waals surface area contributed by atoms with Crippen molar-refractivity contribution < 1.29 is 4.92 Å². The molecule has 5 nitrogen and oxygen atoms in total. The third-order valence-corrected chi connectivity index (χ3v) is 3.14. The van der Waals surface area contributed by atoms with Gasteiger partial charge in [-0.2, -0.15) is 5.26 Å². The lowest BCUT2D eigenvalue weighted by atomic mass is 10.1. The lowest BCUT2D eigenvalue weighted by molar-refractivity contribution is -0.385. The monoisotopic (exact) mass is 281 g/mol. The number of aryl methyl sites for hydroxylation is 1. The van der Waals surface area contributed by atoms with Gasteiger partial charge in [-0.15, -0.1) is 0 Å². The zero-order chi connectivity index (χ0) is 15.2. The Morgan fingerprint density at radius 2 is 2.10 bits per heavy atom. The highest BCUT2D eigenvalue weighted by Crippen LogP contribution is 2.22. The van der Waals surface area contributed by atoms with Crippen molar-refractivity contribution >= 4 is 11.4 Å². The Bertz CT molecular complexity index is 705. The first-order chi connectivity index (χ1) is 10.1. The predicted octanol–water partition coefficient (Wildman–Crippen LogP) is 3.43. The van der Waals surface area contributed by atoms with Crippen molar-refractivity contribution in [2.75, 3.05) is 11.9 Å². The number of rotatable bonds is 5. The maximum absolute atomic E-state index is 10.9. The van der Waals surface area contributed by atoms with Crippen LogP contribution in [0.2, 0.25) is 0 Å². The van der Waals surface area contributed by atoms with Crippen molar-refractivity contribution in [1.29, 1.82) is 5.26 Å². The zero-order valence-corrected chi connectivity index (χ0v) is 11.7. The van der Waals surface area contributed by atoms with E-state index in [1.807, 2.05) is 25.1 Å². The molecule has 0 amide bonds. The molecule has 2 rings (SSSR count). The minimum Gasteiger partial charge on any atom is -0.385 e. The summed E-state index contributed by atoms with van der Waals surface area (Å²) in [6, 6.07) is 14.6. The quantitative estimate of drug-likeness (QED) is 0.672. The normalized spacial score (nSPS) is 9.90. The molecule has 0 spiro atoms. The van der Waals surface area contributed by atoms with Crippen LogP contribution in [0.4, 0.5) is 11.4 Å². The average Bonchev–Trinajstić information content (AvgIpc) is 2.47.